The predicted octanol–water partition coefficient (Wildman–Crippen LogP) is 3.41. The lowest BCUT2D eigenvalue weighted by Crippen LogP contribution is -2.50. The summed E-state index contributed by atoms with van der Waals surface area (Å²) in [6.45, 7) is 8.59. The van der Waals surface area contributed by atoms with E-state index in [9.17, 15) is 4.79 Å². The number of thiol groups is 1. The maximum atomic E-state index is 12.5. The molecule has 2 aromatic rings. The van der Waals surface area contributed by atoms with Gasteiger partial charge in [0, 0.05) is 18.8 Å². The molecule has 1 fully saturated rings. The topological polar surface area (TPSA) is 83.5 Å². The summed E-state index contributed by atoms with van der Waals surface area (Å²) in [7, 11) is 1.91. The Morgan fingerprint density at radius 1 is 1.29 bits per heavy atom. The van der Waals surface area contributed by atoms with Crippen LogP contribution < -0.4 is 19.3 Å². The molecule has 0 unspecified atom stereocenters. The Morgan fingerprint density at radius 3 is 2.68 bits per heavy atom. The van der Waals surface area contributed by atoms with Crippen molar-refractivity contribution in [2.75, 3.05) is 28.2 Å². The minimum Gasteiger partial charge on any atom is -0.492 e. The van der Waals surface area contributed by atoms with Gasteiger partial charge in [-0.05, 0) is 50.7 Å². The number of ether oxygens (including phenoxy) is 1. The summed E-state index contributed by atoms with van der Waals surface area (Å²) in [5, 5.41) is 2.99. The number of aromatic nitrogens is 3. The van der Waals surface area contributed by atoms with Crippen LogP contribution in [-0.2, 0) is 4.79 Å². The van der Waals surface area contributed by atoms with Crippen molar-refractivity contribution < 1.29 is 9.53 Å². The predicted molar refractivity (Wildman–Crippen MR) is 125 cm³/mol. The number of hydrogen-bond donors (Lipinski definition) is 2. The molecule has 1 amide bonds. The van der Waals surface area contributed by atoms with E-state index < -0.39 is 0 Å². The van der Waals surface area contributed by atoms with Crippen LogP contribution >= 0.6 is 12.8 Å². The first-order chi connectivity index (χ1) is 14.7. The number of rotatable bonds is 6. The SMILES string of the molecule is Cc1ccc(OCC2CC(N(S)c3nc(C)c4c(n3)N(C)[C@@H](C(C)C)C(=O)N4)C2)cn1. The fourth-order valence-corrected chi connectivity index (χ4v) is 4.53. The summed E-state index contributed by atoms with van der Waals surface area (Å²) in [5.74, 6) is 2.73. The zero-order valence-corrected chi connectivity index (χ0v) is 19.6. The molecular weight excluding hydrogens is 412 g/mol. The molecule has 2 aromatic heterocycles. The number of fused-ring (bicyclic) bond motifs is 1. The van der Waals surface area contributed by atoms with Crippen molar-refractivity contribution in [3.05, 3.63) is 29.7 Å². The summed E-state index contributed by atoms with van der Waals surface area (Å²) in [4.78, 5) is 28.1. The summed E-state index contributed by atoms with van der Waals surface area (Å²) in [6.07, 6.45) is 3.69. The number of likely N-dealkylation sites (N-methyl/N-ethyl adjacent to an activating group) is 1. The van der Waals surface area contributed by atoms with Gasteiger partial charge in [-0.1, -0.05) is 26.7 Å². The summed E-state index contributed by atoms with van der Waals surface area (Å²) >= 11 is 4.71. The molecule has 1 saturated carbocycles. The fourth-order valence-electron chi connectivity index (χ4n) is 4.26. The zero-order chi connectivity index (χ0) is 22.3. The lowest BCUT2D eigenvalue weighted by molar-refractivity contribution is -0.118. The van der Waals surface area contributed by atoms with Gasteiger partial charge in [0.05, 0.1) is 18.5 Å². The van der Waals surface area contributed by atoms with Gasteiger partial charge in [0.15, 0.2) is 5.82 Å². The van der Waals surface area contributed by atoms with Crippen LogP contribution in [0, 0.1) is 25.7 Å². The normalized spacial score (nSPS) is 22.6. The van der Waals surface area contributed by atoms with E-state index in [1.165, 1.54) is 0 Å². The minimum atomic E-state index is -0.260. The van der Waals surface area contributed by atoms with Crippen LogP contribution in [0.3, 0.4) is 0 Å². The van der Waals surface area contributed by atoms with E-state index in [1.54, 1.807) is 6.20 Å². The van der Waals surface area contributed by atoms with Gasteiger partial charge in [-0.15, -0.1) is 0 Å². The van der Waals surface area contributed by atoms with Crippen molar-refractivity contribution in [1.29, 1.82) is 0 Å². The monoisotopic (exact) mass is 442 g/mol. The molecule has 4 rings (SSSR count). The minimum absolute atomic E-state index is 0.0159. The van der Waals surface area contributed by atoms with E-state index in [2.05, 4.69) is 15.3 Å². The first kappa shape index (κ1) is 21.7. The lowest BCUT2D eigenvalue weighted by atomic mass is 9.81. The molecule has 1 N–H and O–H groups in total. The van der Waals surface area contributed by atoms with E-state index in [0.717, 1.165) is 35.8 Å². The van der Waals surface area contributed by atoms with Crippen molar-refractivity contribution in [2.45, 2.75) is 52.6 Å². The molecule has 8 nitrogen and oxygen atoms in total. The summed E-state index contributed by atoms with van der Waals surface area (Å²) in [5.41, 5.74) is 2.40. The largest absolute Gasteiger partial charge is 0.492 e. The molecule has 0 saturated heterocycles. The smallest absolute Gasteiger partial charge is 0.247 e. The van der Waals surface area contributed by atoms with E-state index in [1.807, 2.05) is 56.1 Å². The second-order valence-electron chi connectivity index (χ2n) is 8.88. The van der Waals surface area contributed by atoms with Crippen LogP contribution in [0.25, 0.3) is 0 Å². The molecule has 1 aliphatic heterocycles. The molecule has 1 atom stereocenters. The van der Waals surface area contributed by atoms with Gasteiger partial charge in [0.25, 0.3) is 0 Å². The molecule has 0 spiro atoms. The maximum absolute atomic E-state index is 12.5. The molecule has 31 heavy (non-hydrogen) atoms. The van der Waals surface area contributed by atoms with Crippen molar-refractivity contribution >= 4 is 36.2 Å². The quantitative estimate of drug-likeness (QED) is 0.663. The molecule has 0 aromatic carbocycles. The van der Waals surface area contributed by atoms with Crippen LogP contribution in [0.15, 0.2) is 18.3 Å². The highest BCUT2D eigenvalue weighted by atomic mass is 32.1. The van der Waals surface area contributed by atoms with Gasteiger partial charge in [-0.2, -0.15) is 4.98 Å². The van der Waals surface area contributed by atoms with E-state index in [0.29, 0.717) is 24.2 Å². The Bertz CT molecular complexity index is 961. The number of aryl methyl sites for hydroxylation is 2. The maximum Gasteiger partial charge on any atom is 0.247 e. The van der Waals surface area contributed by atoms with Crippen LogP contribution in [0.2, 0.25) is 0 Å². The number of amides is 1. The van der Waals surface area contributed by atoms with E-state index in [-0.39, 0.29) is 23.9 Å². The Labute approximate surface area is 189 Å². The van der Waals surface area contributed by atoms with Gasteiger partial charge in [0.1, 0.15) is 17.5 Å². The number of nitrogens with zero attached hydrogens (tertiary/aromatic N) is 5. The van der Waals surface area contributed by atoms with E-state index >= 15 is 0 Å². The Kier molecular flexibility index (Phi) is 5.96. The number of nitrogens with one attached hydrogen (secondary N) is 1. The number of anilines is 3. The van der Waals surface area contributed by atoms with Crippen molar-refractivity contribution in [1.82, 2.24) is 15.0 Å². The molecule has 2 aliphatic rings. The molecule has 9 heteroatoms. The molecule has 166 valence electrons. The third-order valence-corrected chi connectivity index (χ3v) is 6.60. The van der Waals surface area contributed by atoms with Gasteiger partial charge >= 0.3 is 0 Å². The average molecular weight is 443 g/mol. The van der Waals surface area contributed by atoms with Crippen molar-refractivity contribution in [3.8, 4) is 5.75 Å². The van der Waals surface area contributed by atoms with Crippen molar-refractivity contribution in [3.63, 3.8) is 0 Å². The van der Waals surface area contributed by atoms with Gasteiger partial charge in [-0.25, -0.2) is 4.98 Å². The molecule has 1 aliphatic carbocycles. The number of carbonyl (C=O) groups excluding carboxylic acids is 1. The third kappa shape index (κ3) is 4.28. The molecular formula is C22H30N6O2S. The van der Waals surface area contributed by atoms with Crippen LogP contribution in [0.1, 0.15) is 38.1 Å². The van der Waals surface area contributed by atoms with Crippen LogP contribution in [-0.4, -0.2) is 46.6 Å². The average Bonchev–Trinajstić information content (AvgIpc) is 2.68. The third-order valence-electron chi connectivity index (χ3n) is 6.09. The Morgan fingerprint density at radius 2 is 2.03 bits per heavy atom. The first-order valence-corrected chi connectivity index (χ1v) is 11.1. The Hall–Kier alpha value is -2.55. The first-order valence-electron chi connectivity index (χ1n) is 10.7. The molecule has 0 bridgehead atoms. The highest BCUT2D eigenvalue weighted by molar-refractivity contribution is 7.81. The Balaban J connectivity index is 1.41. The van der Waals surface area contributed by atoms with Gasteiger partial charge in [0.2, 0.25) is 11.9 Å². The second-order valence-corrected chi connectivity index (χ2v) is 9.31. The number of hydrogen-bond acceptors (Lipinski definition) is 8. The summed E-state index contributed by atoms with van der Waals surface area (Å²) in [6, 6.07) is 3.89. The zero-order valence-electron chi connectivity index (χ0n) is 18.7. The molecule has 3 heterocycles. The van der Waals surface area contributed by atoms with Crippen LogP contribution in [0.4, 0.5) is 17.5 Å². The number of pyridine rings is 1. The highest BCUT2D eigenvalue weighted by Gasteiger charge is 2.38. The fraction of sp³-hybridized carbons (Fsp3) is 0.545. The molecule has 0 radical (unpaired) electrons. The lowest BCUT2D eigenvalue weighted by Gasteiger charge is -2.41. The van der Waals surface area contributed by atoms with E-state index in [4.69, 9.17) is 22.5 Å². The van der Waals surface area contributed by atoms with Crippen molar-refractivity contribution in [2.24, 2.45) is 11.8 Å². The van der Waals surface area contributed by atoms with Gasteiger partial charge in [-0.3, -0.25) is 14.1 Å². The second kappa shape index (κ2) is 8.53. The highest BCUT2D eigenvalue weighted by Crippen LogP contribution is 2.38. The van der Waals surface area contributed by atoms with Crippen LogP contribution in [0.5, 0.6) is 5.75 Å². The standard InChI is InChI=1S/C22H30N6O2S/c1-12(2)19-21(29)25-18-14(4)24-22(26-20(18)27(19)5)28(31)16-8-15(9-16)11-30-17-7-6-13(3)23-10-17/h6-7,10,12,15-16,19,31H,8-9,11H2,1-5H3,(H,25,29)/t15?,16?,19-/m0/s1. The van der Waals surface area contributed by atoms with Gasteiger partial charge < -0.3 is 15.0 Å². The number of carbonyl (C=O) groups is 1. The summed E-state index contributed by atoms with van der Waals surface area (Å²) < 4.78 is 7.72.